The van der Waals surface area contributed by atoms with Crippen LogP contribution in [-0.2, 0) is 19.0 Å². The van der Waals surface area contributed by atoms with Crippen LogP contribution in [0.3, 0.4) is 0 Å². The number of hydrogen-bond donors (Lipinski definition) is 1. The van der Waals surface area contributed by atoms with E-state index in [-0.39, 0.29) is 29.2 Å². The molecule has 0 aromatic heterocycles. The van der Waals surface area contributed by atoms with Gasteiger partial charge in [0.25, 0.3) is 0 Å². The second-order valence-corrected chi connectivity index (χ2v) is 8.37. The van der Waals surface area contributed by atoms with E-state index in [9.17, 15) is 9.90 Å². The van der Waals surface area contributed by atoms with Gasteiger partial charge in [-0.3, -0.25) is 9.69 Å². The molecule has 8 atom stereocenters. The zero-order valence-corrected chi connectivity index (χ0v) is 14.3. The molecule has 0 aromatic carbocycles. The van der Waals surface area contributed by atoms with Gasteiger partial charge >= 0.3 is 5.97 Å². The summed E-state index contributed by atoms with van der Waals surface area (Å²) < 4.78 is 18.5. The number of rotatable bonds is 1. The zero-order chi connectivity index (χ0) is 17.0. The van der Waals surface area contributed by atoms with Crippen molar-refractivity contribution in [3.05, 3.63) is 23.3 Å². The van der Waals surface area contributed by atoms with Crippen LogP contribution in [0.25, 0.3) is 0 Å². The first-order valence-electron chi connectivity index (χ1n) is 9.37. The Morgan fingerprint density at radius 3 is 3.16 bits per heavy atom. The third-order valence-corrected chi connectivity index (χ3v) is 7.57. The molecule has 6 nitrogen and oxygen atoms in total. The third-order valence-electron chi connectivity index (χ3n) is 7.57. The smallest absolute Gasteiger partial charge is 0.303 e. The van der Waals surface area contributed by atoms with Gasteiger partial charge in [0, 0.05) is 19.5 Å². The molecule has 0 radical (unpaired) electrons. The molecule has 6 rings (SSSR count). The van der Waals surface area contributed by atoms with Gasteiger partial charge in [0.15, 0.2) is 6.10 Å². The predicted octanol–water partition coefficient (Wildman–Crippen LogP) is 0.897. The van der Waals surface area contributed by atoms with E-state index in [1.165, 1.54) is 18.1 Å². The summed E-state index contributed by atoms with van der Waals surface area (Å²) in [7, 11) is 0. The Morgan fingerprint density at radius 1 is 1.44 bits per heavy atom. The number of allylic oxidation sites excluding steroid dienone is 1. The van der Waals surface area contributed by atoms with E-state index in [0.29, 0.717) is 19.2 Å². The van der Waals surface area contributed by atoms with E-state index in [2.05, 4.69) is 11.0 Å². The largest absolute Gasteiger partial charge is 0.455 e. The predicted molar refractivity (Wildman–Crippen MR) is 86.5 cm³/mol. The summed E-state index contributed by atoms with van der Waals surface area (Å²) in [6.07, 6.45) is 6.13. The average molecular weight is 345 g/mol. The van der Waals surface area contributed by atoms with Gasteiger partial charge in [-0.1, -0.05) is 6.08 Å². The topological polar surface area (TPSA) is 68.2 Å². The van der Waals surface area contributed by atoms with E-state index in [1.807, 2.05) is 6.08 Å². The number of esters is 1. The molecular formula is C19H23NO5. The lowest BCUT2D eigenvalue weighted by Crippen LogP contribution is -2.70. The lowest BCUT2D eigenvalue weighted by Gasteiger charge is -2.61. The number of nitrogens with zero attached hydrogens (tertiary/aromatic N) is 1. The van der Waals surface area contributed by atoms with Gasteiger partial charge in [-0.05, 0) is 42.9 Å². The highest BCUT2D eigenvalue weighted by molar-refractivity contribution is 5.67. The fourth-order valence-electron chi connectivity index (χ4n) is 6.83. The first kappa shape index (κ1) is 14.9. The van der Waals surface area contributed by atoms with Gasteiger partial charge in [0.05, 0.1) is 23.2 Å². The van der Waals surface area contributed by atoms with Crippen LogP contribution in [0, 0.1) is 5.41 Å². The summed E-state index contributed by atoms with van der Waals surface area (Å²) >= 11 is 0. The van der Waals surface area contributed by atoms with Crippen LogP contribution in [0.4, 0.5) is 0 Å². The van der Waals surface area contributed by atoms with E-state index >= 15 is 0 Å². The van der Waals surface area contributed by atoms with E-state index < -0.39 is 12.2 Å². The molecule has 2 spiro atoms. The third kappa shape index (κ3) is 1.51. The normalized spacial score (nSPS) is 54.5. The maximum Gasteiger partial charge on any atom is 0.303 e. The second-order valence-electron chi connectivity index (χ2n) is 8.37. The molecular weight excluding hydrogens is 322 g/mol. The number of hydrogen-bond acceptors (Lipinski definition) is 6. The van der Waals surface area contributed by atoms with Crippen LogP contribution in [0.1, 0.15) is 32.6 Å². The van der Waals surface area contributed by atoms with E-state index in [0.717, 1.165) is 25.8 Å². The number of carbonyl (C=O) groups excluding carboxylic acids is 1. The molecule has 25 heavy (non-hydrogen) atoms. The number of aliphatic hydroxyl groups excluding tert-OH is 1. The Labute approximate surface area is 146 Å². The van der Waals surface area contributed by atoms with Crippen LogP contribution >= 0.6 is 0 Å². The summed E-state index contributed by atoms with van der Waals surface area (Å²) in [6, 6.07) is 0.368. The zero-order valence-electron chi connectivity index (χ0n) is 14.3. The Morgan fingerprint density at radius 2 is 2.32 bits per heavy atom. The molecule has 3 unspecified atom stereocenters. The monoisotopic (exact) mass is 345 g/mol. The molecule has 6 heteroatoms. The van der Waals surface area contributed by atoms with E-state index in [1.54, 1.807) is 0 Å². The molecule has 1 N–H and O–H groups in total. The highest BCUT2D eigenvalue weighted by Crippen LogP contribution is 2.69. The summed E-state index contributed by atoms with van der Waals surface area (Å²) in [4.78, 5) is 14.0. The fraction of sp³-hybridized carbons (Fsp3) is 0.737. The molecule has 3 saturated heterocycles. The molecule has 4 fully saturated rings. The van der Waals surface area contributed by atoms with Crippen molar-refractivity contribution in [2.75, 3.05) is 13.3 Å². The van der Waals surface area contributed by atoms with Gasteiger partial charge < -0.3 is 19.3 Å². The van der Waals surface area contributed by atoms with Crippen LogP contribution in [0.2, 0.25) is 0 Å². The van der Waals surface area contributed by atoms with Gasteiger partial charge in [-0.2, -0.15) is 0 Å². The molecule has 1 saturated carbocycles. The fourth-order valence-corrected chi connectivity index (χ4v) is 6.83. The molecule has 0 aromatic rings. The number of ether oxygens (including phenoxy) is 3. The Hall–Kier alpha value is -1.21. The minimum absolute atomic E-state index is 0.255. The van der Waals surface area contributed by atoms with Crippen molar-refractivity contribution >= 4 is 5.97 Å². The summed E-state index contributed by atoms with van der Waals surface area (Å²) in [6.45, 7) is 3.09. The van der Waals surface area contributed by atoms with Gasteiger partial charge in [-0.15, -0.1) is 0 Å². The number of aliphatic hydroxyl groups is 1. The highest BCUT2D eigenvalue weighted by atomic mass is 16.6. The van der Waals surface area contributed by atoms with Gasteiger partial charge in [0.1, 0.15) is 12.8 Å². The van der Waals surface area contributed by atoms with E-state index in [4.69, 9.17) is 14.2 Å². The molecule has 134 valence electrons. The Balaban J connectivity index is 1.56. The molecule has 0 amide bonds. The molecule has 3 heterocycles. The van der Waals surface area contributed by atoms with Crippen LogP contribution in [0.15, 0.2) is 23.3 Å². The maximum absolute atomic E-state index is 11.6. The van der Waals surface area contributed by atoms with Crippen molar-refractivity contribution in [2.24, 2.45) is 5.41 Å². The van der Waals surface area contributed by atoms with Gasteiger partial charge in [0.2, 0.25) is 0 Å². The van der Waals surface area contributed by atoms with Crippen molar-refractivity contribution in [1.82, 2.24) is 4.90 Å². The molecule has 4 bridgehead atoms. The molecule has 3 aliphatic carbocycles. The van der Waals surface area contributed by atoms with Crippen LogP contribution < -0.4 is 0 Å². The highest BCUT2D eigenvalue weighted by Gasteiger charge is 2.77. The lowest BCUT2D eigenvalue weighted by atomic mass is 9.48. The van der Waals surface area contributed by atoms with Gasteiger partial charge in [-0.25, -0.2) is 0 Å². The second kappa shape index (κ2) is 4.55. The van der Waals surface area contributed by atoms with Crippen molar-refractivity contribution in [3.8, 4) is 0 Å². The molecule has 6 aliphatic rings. The maximum atomic E-state index is 11.6. The minimum atomic E-state index is -0.488. The summed E-state index contributed by atoms with van der Waals surface area (Å²) in [5.41, 5.74) is 2.03. The van der Waals surface area contributed by atoms with Crippen LogP contribution in [0.5, 0.6) is 0 Å². The van der Waals surface area contributed by atoms with Crippen molar-refractivity contribution in [3.63, 3.8) is 0 Å². The number of piperidine rings is 1. The summed E-state index contributed by atoms with van der Waals surface area (Å²) in [5, 5.41) is 10.8. The number of carbonyl (C=O) groups is 1. The minimum Gasteiger partial charge on any atom is -0.455 e. The SMILES string of the molecule is CC(=O)OC1C=CC2=C3C1O[C@H]1[C@@H](O)CC[C@]45OCN(CC[C@]314)[C@@H]5C2. The Kier molecular flexibility index (Phi) is 2.71. The quantitative estimate of drug-likeness (QED) is 0.712. The standard InChI is InChI=1S/C19H23NO5/c1-10(21)24-13-3-2-11-8-14-19-5-4-12(22)17-18(19,15(11)16(13)25-17)6-7-20(14)9-23-19/h2-3,12-14,16-17,22H,4-9H2,1H3/t12-,13?,14+,16?,17-,18-,19+/m0/s1. The average Bonchev–Trinajstić information content (AvgIpc) is 3.04. The first-order valence-corrected chi connectivity index (χ1v) is 9.37. The molecule has 3 aliphatic heterocycles. The Bertz CT molecular complexity index is 731. The van der Waals surface area contributed by atoms with Crippen molar-refractivity contribution in [1.29, 1.82) is 0 Å². The lowest BCUT2D eigenvalue weighted by molar-refractivity contribution is -0.202. The summed E-state index contributed by atoms with van der Waals surface area (Å²) in [5.74, 6) is -0.300. The van der Waals surface area contributed by atoms with Crippen molar-refractivity contribution < 1.29 is 24.1 Å². The first-order chi connectivity index (χ1) is 12.1. The van der Waals surface area contributed by atoms with Crippen molar-refractivity contribution in [2.45, 2.75) is 68.7 Å². The van der Waals surface area contributed by atoms with Crippen LogP contribution in [-0.4, -0.2) is 65.3 Å².